The fraction of sp³-hybridized carbons (Fsp3) is 0.350. The number of carbonyl (C=O) groups is 1. The molecule has 0 aliphatic rings. The third-order valence-corrected chi connectivity index (χ3v) is 3.63. The topological polar surface area (TPSA) is 47.6 Å². The van der Waals surface area contributed by atoms with Gasteiger partial charge in [-0.05, 0) is 50.6 Å². The minimum Gasteiger partial charge on any atom is -0.497 e. The predicted molar refractivity (Wildman–Crippen MR) is 96.2 cm³/mol. The molecule has 4 nitrogen and oxygen atoms in total. The summed E-state index contributed by atoms with van der Waals surface area (Å²) in [5.74, 6) is 0.593. The summed E-state index contributed by atoms with van der Waals surface area (Å²) >= 11 is 0. The van der Waals surface area contributed by atoms with Crippen LogP contribution in [0.4, 0.5) is 5.69 Å². The molecule has 0 radical (unpaired) electrons. The SMILES string of the molecule is COc1ccc(NC(COC(=O)C(C)(C)C)c2ccccc2)cc1. The summed E-state index contributed by atoms with van der Waals surface area (Å²) in [6.07, 6.45) is 0. The summed E-state index contributed by atoms with van der Waals surface area (Å²) in [6, 6.07) is 17.5. The van der Waals surface area contributed by atoms with Crippen molar-refractivity contribution in [1.82, 2.24) is 0 Å². The van der Waals surface area contributed by atoms with E-state index in [-0.39, 0.29) is 18.6 Å². The molecule has 0 amide bonds. The fourth-order valence-electron chi connectivity index (χ4n) is 2.17. The molecule has 1 N–H and O–H groups in total. The van der Waals surface area contributed by atoms with E-state index < -0.39 is 5.41 Å². The van der Waals surface area contributed by atoms with Crippen LogP contribution in [0.15, 0.2) is 54.6 Å². The average molecular weight is 327 g/mol. The first-order chi connectivity index (χ1) is 11.4. The van der Waals surface area contributed by atoms with E-state index in [1.54, 1.807) is 7.11 Å². The van der Waals surface area contributed by atoms with Crippen LogP contribution in [0, 0.1) is 5.41 Å². The van der Waals surface area contributed by atoms with Crippen LogP contribution in [0.1, 0.15) is 32.4 Å². The van der Waals surface area contributed by atoms with Gasteiger partial charge in [0.25, 0.3) is 0 Å². The Balaban J connectivity index is 2.12. The van der Waals surface area contributed by atoms with Gasteiger partial charge in [-0.2, -0.15) is 0 Å². The number of anilines is 1. The molecule has 2 aromatic carbocycles. The molecule has 0 aliphatic carbocycles. The van der Waals surface area contributed by atoms with Crippen molar-refractivity contribution >= 4 is 11.7 Å². The quantitative estimate of drug-likeness (QED) is 0.797. The summed E-state index contributed by atoms with van der Waals surface area (Å²) in [5, 5.41) is 3.42. The number of carbonyl (C=O) groups excluding carboxylic acids is 1. The minimum absolute atomic E-state index is 0.120. The van der Waals surface area contributed by atoms with Gasteiger partial charge in [-0.3, -0.25) is 4.79 Å². The van der Waals surface area contributed by atoms with Crippen molar-refractivity contribution in [2.24, 2.45) is 5.41 Å². The van der Waals surface area contributed by atoms with Crippen molar-refractivity contribution in [3.63, 3.8) is 0 Å². The van der Waals surface area contributed by atoms with Crippen LogP contribution in [-0.4, -0.2) is 19.7 Å². The van der Waals surface area contributed by atoms with Gasteiger partial charge in [-0.25, -0.2) is 0 Å². The Hall–Kier alpha value is -2.49. The van der Waals surface area contributed by atoms with E-state index in [4.69, 9.17) is 9.47 Å². The van der Waals surface area contributed by atoms with Gasteiger partial charge in [-0.15, -0.1) is 0 Å². The molecule has 1 unspecified atom stereocenters. The van der Waals surface area contributed by atoms with Crippen molar-refractivity contribution in [2.45, 2.75) is 26.8 Å². The van der Waals surface area contributed by atoms with Crippen molar-refractivity contribution in [3.05, 3.63) is 60.2 Å². The molecule has 2 aromatic rings. The number of rotatable bonds is 6. The number of nitrogens with one attached hydrogen (secondary N) is 1. The fourth-order valence-corrected chi connectivity index (χ4v) is 2.17. The molecule has 0 fully saturated rings. The second-order valence-corrected chi connectivity index (χ2v) is 6.68. The maximum Gasteiger partial charge on any atom is 0.311 e. The molecule has 0 saturated heterocycles. The molecule has 0 aromatic heterocycles. The van der Waals surface area contributed by atoms with Crippen LogP contribution in [0.2, 0.25) is 0 Å². The van der Waals surface area contributed by atoms with Gasteiger partial charge < -0.3 is 14.8 Å². The van der Waals surface area contributed by atoms with Crippen molar-refractivity contribution in [2.75, 3.05) is 19.0 Å². The summed E-state index contributed by atoms with van der Waals surface area (Å²) < 4.78 is 10.7. The molecule has 0 heterocycles. The summed E-state index contributed by atoms with van der Waals surface area (Å²) in [6.45, 7) is 5.82. The van der Waals surface area contributed by atoms with E-state index in [1.165, 1.54) is 0 Å². The third-order valence-electron chi connectivity index (χ3n) is 3.63. The zero-order chi connectivity index (χ0) is 17.6. The molecule has 0 saturated carbocycles. The first-order valence-corrected chi connectivity index (χ1v) is 8.03. The molecule has 2 rings (SSSR count). The smallest absolute Gasteiger partial charge is 0.311 e. The van der Waals surface area contributed by atoms with E-state index in [0.29, 0.717) is 0 Å². The molecular weight excluding hydrogens is 302 g/mol. The van der Waals surface area contributed by atoms with Crippen molar-refractivity contribution in [1.29, 1.82) is 0 Å². The maximum atomic E-state index is 12.1. The largest absolute Gasteiger partial charge is 0.497 e. The molecule has 0 aliphatic heterocycles. The molecule has 128 valence electrons. The standard InChI is InChI=1S/C20H25NO3/c1-20(2,3)19(22)24-14-18(15-8-6-5-7-9-15)21-16-10-12-17(23-4)13-11-16/h5-13,18,21H,14H2,1-4H3. The second-order valence-electron chi connectivity index (χ2n) is 6.68. The van der Waals surface area contributed by atoms with Crippen molar-refractivity contribution in [3.8, 4) is 5.75 Å². The van der Waals surface area contributed by atoms with Gasteiger partial charge in [0.1, 0.15) is 12.4 Å². The van der Waals surface area contributed by atoms with Gasteiger partial charge in [0.05, 0.1) is 18.6 Å². The van der Waals surface area contributed by atoms with E-state index in [0.717, 1.165) is 17.0 Å². The normalized spacial score (nSPS) is 12.3. The van der Waals surface area contributed by atoms with Crippen LogP contribution >= 0.6 is 0 Å². The Labute approximate surface area is 143 Å². The van der Waals surface area contributed by atoms with Crippen LogP contribution < -0.4 is 10.1 Å². The third kappa shape index (κ3) is 5.01. The monoisotopic (exact) mass is 327 g/mol. The van der Waals surface area contributed by atoms with Crippen LogP contribution in [-0.2, 0) is 9.53 Å². The Morgan fingerprint density at radius 3 is 2.21 bits per heavy atom. The Kier molecular flexibility index (Phi) is 5.85. The predicted octanol–water partition coefficient (Wildman–Crippen LogP) is 4.44. The lowest BCUT2D eigenvalue weighted by molar-refractivity contribution is -0.153. The number of esters is 1. The highest BCUT2D eigenvalue weighted by Gasteiger charge is 2.24. The zero-order valence-electron chi connectivity index (χ0n) is 14.7. The first kappa shape index (κ1) is 17.9. The number of hydrogen-bond acceptors (Lipinski definition) is 4. The Bertz CT molecular complexity index is 645. The summed E-state index contributed by atoms with van der Waals surface area (Å²) in [4.78, 5) is 12.1. The van der Waals surface area contributed by atoms with Gasteiger partial charge in [-0.1, -0.05) is 30.3 Å². The van der Waals surface area contributed by atoms with E-state index in [2.05, 4.69) is 5.32 Å². The summed E-state index contributed by atoms with van der Waals surface area (Å²) in [5.41, 5.74) is 1.49. The van der Waals surface area contributed by atoms with Crippen LogP contribution in [0.25, 0.3) is 0 Å². The van der Waals surface area contributed by atoms with Gasteiger partial charge in [0, 0.05) is 5.69 Å². The minimum atomic E-state index is -0.513. The first-order valence-electron chi connectivity index (χ1n) is 8.03. The second kappa shape index (κ2) is 7.86. The van der Waals surface area contributed by atoms with E-state index in [9.17, 15) is 4.79 Å². The van der Waals surface area contributed by atoms with Gasteiger partial charge in [0.2, 0.25) is 0 Å². The zero-order valence-corrected chi connectivity index (χ0v) is 14.7. The highest BCUT2D eigenvalue weighted by molar-refractivity contribution is 5.75. The Morgan fingerprint density at radius 1 is 1.04 bits per heavy atom. The van der Waals surface area contributed by atoms with Gasteiger partial charge in [0.15, 0.2) is 0 Å². The van der Waals surface area contributed by atoms with E-state index >= 15 is 0 Å². The molecule has 24 heavy (non-hydrogen) atoms. The van der Waals surface area contributed by atoms with Crippen LogP contribution in [0.3, 0.4) is 0 Å². The van der Waals surface area contributed by atoms with Gasteiger partial charge >= 0.3 is 5.97 Å². The highest BCUT2D eigenvalue weighted by Crippen LogP contribution is 2.23. The number of hydrogen-bond donors (Lipinski definition) is 1. The molecule has 4 heteroatoms. The lowest BCUT2D eigenvalue weighted by Gasteiger charge is -2.23. The molecular formula is C20H25NO3. The molecule has 1 atom stereocenters. The highest BCUT2D eigenvalue weighted by atomic mass is 16.5. The average Bonchev–Trinajstić information content (AvgIpc) is 2.58. The lowest BCUT2D eigenvalue weighted by atomic mass is 9.97. The molecule has 0 spiro atoms. The molecule has 0 bridgehead atoms. The Morgan fingerprint density at radius 2 is 1.67 bits per heavy atom. The van der Waals surface area contributed by atoms with Crippen molar-refractivity contribution < 1.29 is 14.3 Å². The maximum absolute atomic E-state index is 12.1. The number of ether oxygens (including phenoxy) is 2. The number of benzene rings is 2. The lowest BCUT2D eigenvalue weighted by Crippen LogP contribution is -2.27. The van der Waals surface area contributed by atoms with Crippen LogP contribution in [0.5, 0.6) is 5.75 Å². The number of methoxy groups -OCH3 is 1. The summed E-state index contributed by atoms with van der Waals surface area (Å²) in [7, 11) is 1.64. The van der Waals surface area contributed by atoms with E-state index in [1.807, 2.05) is 75.4 Å².